The summed E-state index contributed by atoms with van der Waals surface area (Å²) in [5.41, 5.74) is 3.16. The highest BCUT2D eigenvalue weighted by Crippen LogP contribution is 2.34. The molecular weight excluding hydrogens is 360 g/mol. The smallest absolute Gasteiger partial charge is 0.271 e. The highest BCUT2D eigenvalue weighted by molar-refractivity contribution is 5.93. The molecule has 1 heterocycles. The minimum Gasteiger partial charge on any atom is -0.484 e. The number of non-ortho nitro benzene ring substituents is 1. The number of nitrogens with zero attached hydrogens (tertiary/aromatic N) is 1. The third-order valence-corrected chi connectivity index (χ3v) is 5.00. The lowest BCUT2D eigenvalue weighted by Crippen LogP contribution is -2.20. The molecule has 0 spiro atoms. The standard InChI is InChI=1S/C21H20N2O5/c1-13-6-7-14(23(25)26)10-18(13)22-21(24)12-27-15-8-9-20-17(11-15)16-4-2-3-5-19(16)28-20/h6-11H,2-5,12H2,1H3,(H,22,24). The molecule has 0 fully saturated rings. The monoisotopic (exact) mass is 380 g/mol. The molecule has 28 heavy (non-hydrogen) atoms. The summed E-state index contributed by atoms with van der Waals surface area (Å²) in [5.74, 6) is 1.27. The SMILES string of the molecule is Cc1ccc([N+](=O)[O-])cc1NC(=O)COc1ccc2oc3c(c2c1)CCCC3. The van der Waals surface area contributed by atoms with E-state index in [0.29, 0.717) is 11.4 Å². The third-order valence-electron chi connectivity index (χ3n) is 5.00. The van der Waals surface area contributed by atoms with Gasteiger partial charge < -0.3 is 14.5 Å². The number of rotatable bonds is 5. The van der Waals surface area contributed by atoms with Gasteiger partial charge in [0, 0.05) is 29.5 Å². The number of benzene rings is 2. The van der Waals surface area contributed by atoms with E-state index in [-0.39, 0.29) is 18.2 Å². The molecule has 1 aromatic heterocycles. The molecule has 1 aliphatic rings. The number of nitro benzene ring substituents is 1. The lowest BCUT2D eigenvalue weighted by atomic mass is 9.96. The maximum Gasteiger partial charge on any atom is 0.271 e. The molecule has 2 aromatic carbocycles. The predicted octanol–water partition coefficient (Wildman–Crippen LogP) is 4.55. The first kappa shape index (κ1) is 18.0. The van der Waals surface area contributed by atoms with Crippen molar-refractivity contribution in [1.29, 1.82) is 0 Å². The molecule has 0 saturated carbocycles. The van der Waals surface area contributed by atoms with Crippen LogP contribution in [0.1, 0.15) is 29.7 Å². The van der Waals surface area contributed by atoms with Gasteiger partial charge in [-0.3, -0.25) is 14.9 Å². The number of nitro groups is 1. The van der Waals surface area contributed by atoms with Crippen LogP contribution in [0.4, 0.5) is 11.4 Å². The van der Waals surface area contributed by atoms with Crippen LogP contribution in [0.25, 0.3) is 11.0 Å². The summed E-state index contributed by atoms with van der Waals surface area (Å²) in [4.78, 5) is 22.7. The molecule has 0 bridgehead atoms. The Morgan fingerprint density at radius 2 is 2.04 bits per heavy atom. The molecule has 0 atom stereocenters. The van der Waals surface area contributed by atoms with Crippen LogP contribution in [0.5, 0.6) is 5.75 Å². The summed E-state index contributed by atoms with van der Waals surface area (Å²) < 4.78 is 11.5. The van der Waals surface area contributed by atoms with Gasteiger partial charge in [-0.15, -0.1) is 0 Å². The Kier molecular flexibility index (Phi) is 4.73. The zero-order valence-electron chi connectivity index (χ0n) is 15.5. The molecule has 3 aromatic rings. The Balaban J connectivity index is 1.45. The summed E-state index contributed by atoms with van der Waals surface area (Å²) >= 11 is 0. The average molecular weight is 380 g/mol. The quantitative estimate of drug-likeness (QED) is 0.518. The zero-order valence-corrected chi connectivity index (χ0v) is 15.5. The minimum absolute atomic E-state index is 0.0722. The predicted molar refractivity (Wildman–Crippen MR) is 105 cm³/mol. The first-order valence-electron chi connectivity index (χ1n) is 9.23. The highest BCUT2D eigenvalue weighted by Gasteiger charge is 2.18. The van der Waals surface area contributed by atoms with Gasteiger partial charge in [-0.05, 0) is 49.9 Å². The van der Waals surface area contributed by atoms with Crippen LogP contribution in [0.3, 0.4) is 0 Å². The van der Waals surface area contributed by atoms with Crippen molar-refractivity contribution in [2.45, 2.75) is 32.6 Å². The number of hydrogen-bond acceptors (Lipinski definition) is 5. The Hall–Kier alpha value is -3.35. The molecule has 0 aliphatic heterocycles. The second kappa shape index (κ2) is 7.34. The van der Waals surface area contributed by atoms with Crippen LogP contribution >= 0.6 is 0 Å². The Morgan fingerprint density at radius 1 is 1.21 bits per heavy atom. The molecule has 0 saturated heterocycles. The van der Waals surface area contributed by atoms with Crippen molar-refractivity contribution >= 4 is 28.3 Å². The van der Waals surface area contributed by atoms with Gasteiger partial charge in [0.15, 0.2) is 6.61 Å². The molecule has 0 radical (unpaired) electrons. The normalized spacial score (nSPS) is 13.2. The molecule has 0 unspecified atom stereocenters. The second-order valence-corrected chi connectivity index (χ2v) is 6.96. The number of anilines is 1. The van der Waals surface area contributed by atoms with E-state index in [4.69, 9.17) is 9.15 Å². The lowest BCUT2D eigenvalue weighted by molar-refractivity contribution is -0.384. The summed E-state index contributed by atoms with van der Waals surface area (Å²) in [5, 5.41) is 14.6. The van der Waals surface area contributed by atoms with E-state index in [9.17, 15) is 14.9 Å². The number of aryl methyl sites for hydroxylation is 3. The summed E-state index contributed by atoms with van der Waals surface area (Å²) in [6.07, 6.45) is 4.26. The average Bonchev–Trinajstić information content (AvgIpc) is 3.06. The number of amides is 1. The summed E-state index contributed by atoms with van der Waals surface area (Å²) in [7, 11) is 0. The number of furan rings is 1. The number of ether oxygens (including phenoxy) is 1. The van der Waals surface area contributed by atoms with Gasteiger partial charge in [0.05, 0.1) is 10.6 Å². The topological polar surface area (TPSA) is 94.6 Å². The molecular formula is C21H20N2O5. The van der Waals surface area contributed by atoms with Crippen molar-refractivity contribution < 1.29 is 18.9 Å². The molecule has 7 nitrogen and oxygen atoms in total. The fourth-order valence-corrected chi connectivity index (χ4v) is 3.52. The van der Waals surface area contributed by atoms with Gasteiger partial charge in [0.1, 0.15) is 17.1 Å². The van der Waals surface area contributed by atoms with Gasteiger partial charge >= 0.3 is 0 Å². The van der Waals surface area contributed by atoms with E-state index >= 15 is 0 Å². The van der Waals surface area contributed by atoms with Crippen molar-refractivity contribution in [1.82, 2.24) is 0 Å². The van der Waals surface area contributed by atoms with Crippen LogP contribution in [0.15, 0.2) is 40.8 Å². The van der Waals surface area contributed by atoms with Crippen molar-refractivity contribution in [2.24, 2.45) is 0 Å². The maximum atomic E-state index is 12.2. The summed E-state index contributed by atoms with van der Waals surface area (Å²) in [6.45, 7) is 1.59. The number of carbonyl (C=O) groups is 1. The Labute approximate surface area is 161 Å². The molecule has 144 valence electrons. The fourth-order valence-electron chi connectivity index (χ4n) is 3.52. The van der Waals surface area contributed by atoms with Crippen LogP contribution < -0.4 is 10.1 Å². The number of nitrogens with one attached hydrogen (secondary N) is 1. The second-order valence-electron chi connectivity index (χ2n) is 6.96. The van der Waals surface area contributed by atoms with E-state index in [1.165, 1.54) is 17.7 Å². The lowest BCUT2D eigenvalue weighted by Gasteiger charge is -2.10. The minimum atomic E-state index is -0.494. The number of fused-ring (bicyclic) bond motifs is 3. The Morgan fingerprint density at radius 3 is 2.86 bits per heavy atom. The van der Waals surface area contributed by atoms with E-state index in [0.717, 1.165) is 48.0 Å². The van der Waals surface area contributed by atoms with Gasteiger partial charge in [-0.1, -0.05) is 6.07 Å². The fraction of sp³-hybridized carbons (Fsp3) is 0.286. The van der Waals surface area contributed by atoms with E-state index < -0.39 is 4.92 Å². The van der Waals surface area contributed by atoms with Crippen LogP contribution in [-0.2, 0) is 17.6 Å². The molecule has 4 rings (SSSR count). The molecule has 7 heteroatoms. The van der Waals surface area contributed by atoms with E-state index in [1.807, 2.05) is 12.1 Å². The van der Waals surface area contributed by atoms with Gasteiger partial charge in [0.25, 0.3) is 11.6 Å². The van der Waals surface area contributed by atoms with Crippen LogP contribution in [-0.4, -0.2) is 17.4 Å². The van der Waals surface area contributed by atoms with Gasteiger partial charge in [-0.2, -0.15) is 0 Å². The van der Waals surface area contributed by atoms with Crippen LogP contribution in [0, 0.1) is 17.0 Å². The maximum absolute atomic E-state index is 12.2. The van der Waals surface area contributed by atoms with Crippen molar-refractivity contribution in [3.8, 4) is 5.75 Å². The molecule has 1 aliphatic carbocycles. The Bertz CT molecular complexity index is 1070. The zero-order chi connectivity index (χ0) is 19.7. The van der Waals surface area contributed by atoms with Gasteiger partial charge in [0.2, 0.25) is 0 Å². The van der Waals surface area contributed by atoms with Gasteiger partial charge in [-0.25, -0.2) is 0 Å². The molecule has 1 amide bonds. The van der Waals surface area contributed by atoms with Crippen molar-refractivity contribution in [2.75, 3.05) is 11.9 Å². The van der Waals surface area contributed by atoms with Crippen molar-refractivity contribution in [3.05, 3.63) is 63.4 Å². The largest absolute Gasteiger partial charge is 0.484 e. The van der Waals surface area contributed by atoms with Crippen molar-refractivity contribution in [3.63, 3.8) is 0 Å². The highest BCUT2D eigenvalue weighted by atomic mass is 16.6. The third kappa shape index (κ3) is 3.55. The number of hydrogen-bond donors (Lipinski definition) is 1. The number of carbonyl (C=O) groups excluding carboxylic acids is 1. The first-order valence-corrected chi connectivity index (χ1v) is 9.23. The first-order chi connectivity index (χ1) is 13.5. The molecule has 1 N–H and O–H groups in total. The van der Waals surface area contributed by atoms with E-state index in [2.05, 4.69) is 5.32 Å². The summed E-state index contributed by atoms with van der Waals surface area (Å²) in [6, 6.07) is 9.91. The van der Waals surface area contributed by atoms with E-state index in [1.54, 1.807) is 19.1 Å². The van der Waals surface area contributed by atoms with Crippen LogP contribution in [0.2, 0.25) is 0 Å².